The largest absolute Gasteiger partial charge is 0.444 e. The molecule has 0 saturated carbocycles. The molecule has 1 saturated heterocycles. The summed E-state index contributed by atoms with van der Waals surface area (Å²) in [5.41, 5.74) is 0.773. The normalized spacial score (nSPS) is 14.4. The van der Waals surface area contributed by atoms with Gasteiger partial charge in [-0.15, -0.1) is 0 Å². The number of aromatic nitrogens is 2. The molecular formula is C28H34FN7O4S. The number of ether oxygens (including phenoxy) is 1. The van der Waals surface area contributed by atoms with Crippen molar-refractivity contribution in [3.8, 4) is 0 Å². The number of pyridine rings is 1. The van der Waals surface area contributed by atoms with Gasteiger partial charge in [0.25, 0.3) is 11.8 Å². The monoisotopic (exact) mass is 583 g/mol. The highest BCUT2D eigenvalue weighted by atomic mass is 32.1. The zero-order valence-electron chi connectivity index (χ0n) is 23.7. The summed E-state index contributed by atoms with van der Waals surface area (Å²) >= 11 is 0.946. The van der Waals surface area contributed by atoms with E-state index < -0.39 is 29.3 Å². The molecule has 3 heterocycles. The van der Waals surface area contributed by atoms with E-state index in [9.17, 15) is 18.8 Å². The van der Waals surface area contributed by atoms with Gasteiger partial charge in [-0.1, -0.05) is 17.4 Å². The van der Waals surface area contributed by atoms with Gasteiger partial charge in [-0.3, -0.25) is 19.8 Å². The summed E-state index contributed by atoms with van der Waals surface area (Å²) in [4.78, 5) is 50.9. The molecule has 1 aliphatic rings. The average molecular weight is 584 g/mol. The van der Waals surface area contributed by atoms with Crippen LogP contribution in [0.2, 0.25) is 0 Å². The standard InChI is InChI=1S/C28H34FN7O4S/c1-17-12-20(29)19(24(37)33-23-7-6-18(14-30-23)16-36-10-8-35(5)9-11-36)13-21(17)32-25(38)22-15-31-26(41-22)34-27(39)40-28(2,3)4/h6-7,12-15H,8-11,16H2,1-5H3,(H,32,38)(H,30,33,37)(H,31,34,39). The number of hydrogen-bond acceptors (Lipinski definition) is 9. The molecule has 0 bridgehead atoms. The molecule has 11 nitrogen and oxygen atoms in total. The molecule has 3 aromatic rings. The first kappa shape index (κ1) is 30.0. The van der Waals surface area contributed by atoms with Gasteiger partial charge in [0.2, 0.25) is 0 Å². The minimum Gasteiger partial charge on any atom is -0.444 e. The van der Waals surface area contributed by atoms with E-state index in [1.54, 1.807) is 40.0 Å². The van der Waals surface area contributed by atoms with Gasteiger partial charge in [0.15, 0.2) is 5.13 Å². The summed E-state index contributed by atoms with van der Waals surface area (Å²) in [7, 11) is 2.11. The molecule has 41 heavy (non-hydrogen) atoms. The number of thiazole rings is 1. The number of aryl methyl sites for hydroxylation is 1. The SMILES string of the molecule is Cc1cc(F)c(C(=O)Nc2ccc(CN3CCN(C)CC3)cn2)cc1NC(=O)c1cnc(NC(=O)OC(C)(C)C)s1. The smallest absolute Gasteiger partial charge is 0.413 e. The number of nitrogens with zero attached hydrogens (tertiary/aromatic N) is 4. The van der Waals surface area contributed by atoms with Crippen molar-refractivity contribution in [2.24, 2.45) is 0 Å². The number of anilines is 3. The van der Waals surface area contributed by atoms with Gasteiger partial charge in [0, 0.05) is 44.6 Å². The number of halogens is 1. The van der Waals surface area contributed by atoms with Gasteiger partial charge in [-0.05, 0) is 64.1 Å². The zero-order chi connectivity index (χ0) is 29.7. The van der Waals surface area contributed by atoms with Crippen LogP contribution in [0.1, 0.15) is 51.9 Å². The molecule has 2 aromatic heterocycles. The van der Waals surface area contributed by atoms with Crippen molar-refractivity contribution in [2.45, 2.75) is 39.8 Å². The minimum absolute atomic E-state index is 0.183. The van der Waals surface area contributed by atoms with E-state index in [-0.39, 0.29) is 27.1 Å². The van der Waals surface area contributed by atoms with E-state index >= 15 is 0 Å². The van der Waals surface area contributed by atoms with Crippen LogP contribution in [0.3, 0.4) is 0 Å². The Labute approximate surface area is 242 Å². The van der Waals surface area contributed by atoms with E-state index in [0.717, 1.165) is 49.6 Å². The van der Waals surface area contributed by atoms with Crippen LogP contribution in [0.5, 0.6) is 0 Å². The lowest BCUT2D eigenvalue weighted by molar-refractivity contribution is 0.0635. The molecule has 0 spiro atoms. The maximum Gasteiger partial charge on any atom is 0.413 e. The Morgan fingerprint density at radius 1 is 1.00 bits per heavy atom. The quantitative estimate of drug-likeness (QED) is 0.369. The first-order valence-corrected chi connectivity index (χ1v) is 13.9. The number of benzene rings is 1. The van der Waals surface area contributed by atoms with Gasteiger partial charge in [0.05, 0.1) is 11.8 Å². The molecule has 1 aliphatic heterocycles. The van der Waals surface area contributed by atoms with E-state index in [2.05, 4.69) is 42.8 Å². The van der Waals surface area contributed by atoms with Crippen molar-refractivity contribution in [1.29, 1.82) is 0 Å². The minimum atomic E-state index is -0.730. The Balaban J connectivity index is 1.38. The molecule has 4 rings (SSSR count). The molecule has 3 amide bonds. The molecule has 3 N–H and O–H groups in total. The summed E-state index contributed by atoms with van der Waals surface area (Å²) in [6, 6.07) is 6.03. The highest BCUT2D eigenvalue weighted by Crippen LogP contribution is 2.25. The number of nitrogens with one attached hydrogen (secondary N) is 3. The summed E-state index contributed by atoms with van der Waals surface area (Å²) < 4.78 is 20.0. The van der Waals surface area contributed by atoms with Crippen LogP contribution in [0.15, 0.2) is 36.7 Å². The molecule has 0 aliphatic carbocycles. The fourth-order valence-corrected chi connectivity index (χ4v) is 4.73. The molecule has 0 atom stereocenters. The van der Waals surface area contributed by atoms with Gasteiger partial charge in [-0.25, -0.2) is 19.2 Å². The maximum absolute atomic E-state index is 14.8. The Hall–Kier alpha value is -3.94. The number of carbonyl (C=O) groups is 3. The van der Waals surface area contributed by atoms with Crippen LogP contribution in [0.4, 0.5) is 25.8 Å². The lowest BCUT2D eigenvalue weighted by Crippen LogP contribution is -2.43. The lowest BCUT2D eigenvalue weighted by atomic mass is 10.1. The maximum atomic E-state index is 14.8. The summed E-state index contributed by atoms with van der Waals surface area (Å²) in [5, 5.41) is 7.97. The van der Waals surface area contributed by atoms with Gasteiger partial charge in [-0.2, -0.15) is 0 Å². The molecule has 0 radical (unpaired) electrons. The Morgan fingerprint density at radius 3 is 2.39 bits per heavy atom. The first-order valence-electron chi connectivity index (χ1n) is 13.1. The second kappa shape index (κ2) is 12.7. The van der Waals surface area contributed by atoms with Gasteiger partial charge >= 0.3 is 6.09 Å². The lowest BCUT2D eigenvalue weighted by Gasteiger charge is -2.32. The van der Waals surface area contributed by atoms with Gasteiger partial charge < -0.3 is 20.3 Å². The molecule has 1 aromatic carbocycles. The number of amides is 3. The summed E-state index contributed by atoms with van der Waals surface area (Å²) in [6.45, 7) is 11.6. The predicted molar refractivity (Wildman–Crippen MR) is 156 cm³/mol. The Morgan fingerprint density at radius 2 is 1.73 bits per heavy atom. The molecule has 1 fully saturated rings. The van der Waals surface area contributed by atoms with Crippen LogP contribution in [-0.4, -0.2) is 76.5 Å². The highest BCUT2D eigenvalue weighted by molar-refractivity contribution is 7.17. The van der Waals surface area contributed by atoms with Crippen molar-refractivity contribution in [2.75, 3.05) is 49.2 Å². The number of rotatable bonds is 7. The van der Waals surface area contributed by atoms with Crippen molar-refractivity contribution < 1.29 is 23.5 Å². The third kappa shape index (κ3) is 8.52. The Bertz CT molecular complexity index is 1410. The van der Waals surface area contributed by atoms with E-state index in [4.69, 9.17) is 4.74 Å². The topological polar surface area (TPSA) is 129 Å². The average Bonchev–Trinajstić information content (AvgIpc) is 3.35. The highest BCUT2D eigenvalue weighted by Gasteiger charge is 2.21. The van der Waals surface area contributed by atoms with Crippen LogP contribution < -0.4 is 16.0 Å². The molecule has 0 unspecified atom stereocenters. The predicted octanol–water partition coefficient (Wildman–Crippen LogP) is 4.58. The Kier molecular flexibility index (Phi) is 9.31. The van der Waals surface area contributed by atoms with Crippen LogP contribution in [-0.2, 0) is 11.3 Å². The van der Waals surface area contributed by atoms with Crippen molar-refractivity contribution >= 4 is 45.9 Å². The molecule has 13 heteroatoms. The first-order chi connectivity index (χ1) is 19.4. The second-order valence-electron chi connectivity index (χ2n) is 10.8. The zero-order valence-corrected chi connectivity index (χ0v) is 24.5. The number of hydrogen-bond donors (Lipinski definition) is 3. The third-order valence-corrected chi connectivity index (χ3v) is 7.12. The molecule has 218 valence electrons. The fourth-order valence-electron chi connectivity index (χ4n) is 4.03. The fraction of sp³-hybridized carbons (Fsp3) is 0.393. The summed E-state index contributed by atoms with van der Waals surface area (Å²) in [6.07, 6.45) is 2.31. The molecular weight excluding hydrogens is 549 g/mol. The summed E-state index contributed by atoms with van der Waals surface area (Å²) in [5.74, 6) is -1.67. The van der Waals surface area contributed by atoms with E-state index in [1.165, 1.54) is 18.3 Å². The third-order valence-electron chi connectivity index (χ3n) is 6.21. The van der Waals surface area contributed by atoms with Crippen LogP contribution in [0.25, 0.3) is 0 Å². The van der Waals surface area contributed by atoms with E-state index in [0.29, 0.717) is 5.56 Å². The van der Waals surface area contributed by atoms with Crippen molar-refractivity contribution in [3.05, 3.63) is 64.0 Å². The number of likely N-dealkylation sites (N-methyl/N-ethyl adjacent to an activating group) is 1. The van der Waals surface area contributed by atoms with Crippen LogP contribution in [0, 0.1) is 12.7 Å². The van der Waals surface area contributed by atoms with Gasteiger partial charge in [0.1, 0.15) is 22.1 Å². The van der Waals surface area contributed by atoms with Crippen LogP contribution >= 0.6 is 11.3 Å². The van der Waals surface area contributed by atoms with Crippen molar-refractivity contribution in [1.82, 2.24) is 19.8 Å². The van der Waals surface area contributed by atoms with E-state index in [1.807, 2.05) is 6.07 Å². The number of carbonyl (C=O) groups excluding carboxylic acids is 3. The number of piperazine rings is 1. The van der Waals surface area contributed by atoms with Crippen molar-refractivity contribution in [3.63, 3.8) is 0 Å². The second-order valence-corrected chi connectivity index (χ2v) is 11.9.